The average molecular weight is 269 g/mol. The number of nitrogens with zero attached hydrogens (tertiary/aromatic N) is 1. The van der Waals surface area contributed by atoms with E-state index < -0.39 is 0 Å². The van der Waals surface area contributed by atoms with Crippen molar-refractivity contribution in [3.8, 4) is 0 Å². The number of piperazine rings is 1. The third-order valence-electron chi connectivity index (χ3n) is 4.20. The molecule has 106 valence electrons. The first-order chi connectivity index (χ1) is 9.72. The van der Waals surface area contributed by atoms with Gasteiger partial charge in [0.15, 0.2) is 0 Å². The molecule has 0 bridgehead atoms. The molecule has 2 unspecified atom stereocenters. The molecule has 1 aliphatic rings. The minimum absolute atomic E-state index is 0.101. The Morgan fingerprint density at radius 2 is 2.05 bits per heavy atom. The van der Waals surface area contributed by atoms with Crippen LogP contribution < -0.4 is 11.1 Å². The van der Waals surface area contributed by atoms with Gasteiger partial charge in [-0.15, -0.1) is 0 Å². The monoisotopic (exact) mass is 269 g/mol. The average Bonchev–Trinajstić information content (AvgIpc) is 2.47. The lowest BCUT2D eigenvalue weighted by molar-refractivity contribution is 0.226. The van der Waals surface area contributed by atoms with Crippen LogP contribution in [0, 0.1) is 0 Å². The normalized spacial score (nSPS) is 22.0. The molecule has 3 rings (SSSR count). The van der Waals surface area contributed by atoms with Crippen molar-refractivity contribution in [2.45, 2.75) is 18.5 Å². The summed E-state index contributed by atoms with van der Waals surface area (Å²) in [5.41, 5.74) is 7.64. The topological polar surface area (TPSA) is 41.3 Å². The highest BCUT2D eigenvalue weighted by atomic mass is 15.2. The van der Waals surface area contributed by atoms with E-state index in [0.717, 1.165) is 26.1 Å². The van der Waals surface area contributed by atoms with Crippen molar-refractivity contribution >= 4 is 10.8 Å². The van der Waals surface area contributed by atoms with Crippen molar-refractivity contribution in [2.24, 2.45) is 5.73 Å². The third kappa shape index (κ3) is 3.01. The Morgan fingerprint density at radius 1 is 1.25 bits per heavy atom. The molecule has 20 heavy (non-hydrogen) atoms. The molecule has 0 aliphatic carbocycles. The van der Waals surface area contributed by atoms with E-state index in [2.05, 4.69) is 59.7 Å². The Balaban J connectivity index is 1.73. The Morgan fingerprint density at radius 3 is 2.85 bits per heavy atom. The van der Waals surface area contributed by atoms with Gasteiger partial charge in [-0.05, 0) is 35.9 Å². The SMILES string of the molecule is CN1CCNC(CC(N)c2ccc3ccccc3c2)C1. The van der Waals surface area contributed by atoms with Gasteiger partial charge in [0.2, 0.25) is 0 Å². The van der Waals surface area contributed by atoms with E-state index in [4.69, 9.17) is 5.73 Å². The van der Waals surface area contributed by atoms with Crippen LogP contribution in [0.4, 0.5) is 0 Å². The van der Waals surface area contributed by atoms with Crippen LogP contribution in [0.15, 0.2) is 42.5 Å². The van der Waals surface area contributed by atoms with Crippen molar-refractivity contribution in [3.63, 3.8) is 0 Å². The minimum atomic E-state index is 0.101. The van der Waals surface area contributed by atoms with Gasteiger partial charge in [-0.25, -0.2) is 0 Å². The zero-order valence-electron chi connectivity index (χ0n) is 12.0. The summed E-state index contributed by atoms with van der Waals surface area (Å²) in [6.07, 6.45) is 0.989. The van der Waals surface area contributed by atoms with Crippen molar-refractivity contribution in [3.05, 3.63) is 48.0 Å². The second-order valence-electron chi connectivity index (χ2n) is 5.86. The van der Waals surface area contributed by atoms with Gasteiger partial charge in [0.05, 0.1) is 0 Å². The number of rotatable bonds is 3. The summed E-state index contributed by atoms with van der Waals surface area (Å²) in [5, 5.41) is 6.11. The molecule has 0 radical (unpaired) electrons. The maximum atomic E-state index is 6.40. The lowest BCUT2D eigenvalue weighted by atomic mass is 9.96. The largest absolute Gasteiger partial charge is 0.324 e. The highest BCUT2D eigenvalue weighted by molar-refractivity contribution is 5.83. The summed E-state index contributed by atoms with van der Waals surface area (Å²) >= 11 is 0. The summed E-state index contributed by atoms with van der Waals surface area (Å²) in [6.45, 7) is 3.27. The molecule has 3 heteroatoms. The Kier molecular flexibility index (Phi) is 4.01. The maximum absolute atomic E-state index is 6.40. The van der Waals surface area contributed by atoms with Gasteiger partial charge in [-0.1, -0.05) is 36.4 Å². The Labute approximate surface area is 120 Å². The molecule has 0 spiro atoms. The fraction of sp³-hybridized carbons (Fsp3) is 0.412. The molecule has 1 saturated heterocycles. The van der Waals surface area contributed by atoms with Crippen LogP contribution in [-0.2, 0) is 0 Å². The molecule has 0 saturated carbocycles. The molecule has 0 aromatic heterocycles. The van der Waals surface area contributed by atoms with Crippen LogP contribution in [0.2, 0.25) is 0 Å². The van der Waals surface area contributed by atoms with Gasteiger partial charge < -0.3 is 16.0 Å². The number of nitrogens with two attached hydrogens (primary N) is 1. The highest BCUT2D eigenvalue weighted by Gasteiger charge is 2.19. The number of benzene rings is 2. The summed E-state index contributed by atoms with van der Waals surface area (Å²) < 4.78 is 0. The molecule has 1 heterocycles. The predicted molar refractivity (Wildman–Crippen MR) is 84.8 cm³/mol. The van der Waals surface area contributed by atoms with Crippen LogP contribution in [0.25, 0.3) is 10.8 Å². The molecule has 3 nitrogen and oxygen atoms in total. The second kappa shape index (κ2) is 5.92. The highest BCUT2D eigenvalue weighted by Crippen LogP contribution is 2.22. The zero-order chi connectivity index (χ0) is 13.9. The molecule has 1 fully saturated rings. The van der Waals surface area contributed by atoms with Gasteiger partial charge in [-0.2, -0.15) is 0 Å². The molecule has 2 atom stereocenters. The first-order valence-corrected chi connectivity index (χ1v) is 7.38. The van der Waals surface area contributed by atoms with Crippen LogP contribution in [-0.4, -0.2) is 37.6 Å². The summed E-state index contributed by atoms with van der Waals surface area (Å²) in [7, 11) is 2.18. The summed E-state index contributed by atoms with van der Waals surface area (Å²) in [5.74, 6) is 0. The van der Waals surface area contributed by atoms with Gasteiger partial charge >= 0.3 is 0 Å². The Hall–Kier alpha value is -1.42. The number of hydrogen-bond acceptors (Lipinski definition) is 3. The number of hydrogen-bond donors (Lipinski definition) is 2. The smallest absolute Gasteiger partial charge is 0.0310 e. The van der Waals surface area contributed by atoms with Crippen molar-refractivity contribution < 1.29 is 0 Å². The summed E-state index contributed by atoms with van der Waals surface area (Å²) in [6, 6.07) is 15.6. The van der Waals surface area contributed by atoms with E-state index in [1.807, 2.05) is 0 Å². The lowest BCUT2D eigenvalue weighted by Crippen LogP contribution is -2.49. The van der Waals surface area contributed by atoms with Crippen molar-refractivity contribution in [1.82, 2.24) is 10.2 Å². The maximum Gasteiger partial charge on any atom is 0.0310 e. The predicted octanol–water partition coefficient (Wildman–Crippen LogP) is 2.13. The van der Waals surface area contributed by atoms with Crippen LogP contribution in [0.5, 0.6) is 0 Å². The van der Waals surface area contributed by atoms with E-state index in [9.17, 15) is 0 Å². The van der Waals surface area contributed by atoms with Gasteiger partial charge in [0.25, 0.3) is 0 Å². The van der Waals surface area contributed by atoms with E-state index in [-0.39, 0.29) is 6.04 Å². The molecule has 3 N–H and O–H groups in total. The quantitative estimate of drug-likeness (QED) is 0.897. The fourth-order valence-electron chi connectivity index (χ4n) is 3.03. The number of likely N-dealkylation sites (N-methyl/N-ethyl adjacent to an activating group) is 1. The van der Waals surface area contributed by atoms with E-state index in [1.54, 1.807) is 0 Å². The molecule has 0 amide bonds. The van der Waals surface area contributed by atoms with Crippen molar-refractivity contribution in [1.29, 1.82) is 0 Å². The molecule has 2 aromatic rings. The third-order valence-corrected chi connectivity index (χ3v) is 4.20. The lowest BCUT2D eigenvalue weighted by Gasteiger charge is -2.32. The first-order valence-electron chi connectivity index (χ1n) is 7.38. The Bertz CT molecular complexity index is 581. The van der Waals surface area contributed by atoms with E-state index in [1.165, 1.54) is 16.3 Å². The van der Waals surface area contributed by atoms with Crippen molar-refractivity contribution in [2.75, 3.05) is 26.7 Å². The molecular formula is C17H23N3. The number of nitrogens with one attached hydrogen (secondary N) is 1. The van der Waals surface area contributed by atoms with Crippen LogP contribution >= 0.6 is 0 Å². The van der Waals surface area contributed by atoms with Gasteiger partial charge in [0, 0.05) is 31.7 Å². The van der Waals surface area contributed by atoms with Crippen LogP contribution in [0.3, 0.4) is 0 Å². The zero-order valence-corrected chi connectivity index (χ0v) is 12.0. The van der Waals surface area contributed by atoms with E-state index >= 15 is 0 Å². The number of fused-ring (bicyclic) bond motifs is 1. The van der Waals surface area contributed by atoms with Crippen LogP contribution in [0.1, 0.15) is 18.0 Å². The second-order valence-corrected chi connectivity index (χ2v) is 5.86. The van der Waals surface area contributed by atoms with Gasteiger partial charge in [0.1, 0.15) is 0 Å². The fourth-order valence-corrected chi connectivity index (χ4v) is 3.03. The standard InChI is InChI=1S/C17H23N3/c1-20-9-8-19-16(12-20)11-17(18)15-7-6-13-4-2-3-5-14(13)10-15/h2-7,10,16-17,19H,8-9,11-12,18H2,1H3. The minimum Gasteiger partial charge on any atom is -0.324 e. The molecule has 2 aromatic carbocycles. The summed E-state index contributed by atoms with van der Waals surface area (Å²) in [4.78, 5) is 2.37. The molecule has 1 aliphatic heterocycles. The molecular weight excluding hydrogens is 246 g/mol. The first kappa shape index (κ1) is 13.6. The van der Waals surface area contributed by atoms with E-state index in [0.29, 0.717) is 6.04 Å². The van der Waals surface area contributed by atoms with Gasteiger partial charge in [-0.3, -0.25) is 0 Å².